The molecule has 0 saturated carbocycles. The maximum absolute atomic E-state index is 12.6. The van der Waals surface area contributed by atoms with E-state index in [2.05, 4.69) is 5.16 Å². The quantitative estimate of drug-likeness (QED) is 0.533. The van der Waals surface area contributed by atoms with E-state index in [0.717, 1.165) is 12.8 Å². The highest BCUT2D eigenvalue weighted by atomic mass is 19.3. The maximum Gasteiger partial charge on any atom is 0.264 e. The van der Waals surface area contributed by atoms with Crippen molar-refractivity contribution in [2.45, 2.75) is 32.8 Å². The van der Waals surface area contributed by atoms with Gasteiger partial charge in [0.05, 0.1) is 0 Å². The molecule has 0 aromatic heterocycles. The minimum atomic E-state index is -2.47. The molecular formula is C12H15F2NO. The van der Waals surface area contributed by atoms with Crippen LogP contribution in [0.5, 0.6) is 0 Å². The van der Waals surface area contributed by atoms with E-state index in [1.54, 1.807) is 24.4 Å². The standard InChI is InChI=1S/C12H15F2NO/c1-2-3-8-15-16-9-10-6-4-5-7-11(10)12(13)14/h4-8,12H,2-3,9H2,1H3. The van der Waals surface area contributed by atoms with Crippen LogP contribution in [0.25, 0.3) is 0 Å². The van der Waals surface area contributed by atoms with Crippen LogP contribution in [-0.2, 0) is 11.4 Å². The number of oxime groups is 1. The van der Waals surface area contributed by atoms with E-state index in [0.29, 0.717) is 5.56 Å². The predicted molar refractivity (Wildman–Crippen MR) is 59.6 cm³/mol. The van der Waals surface area contributed by atoms with Gasteiger partial charge in [-0.15, -0.1) is 0 Å². The first-order valence-electron chi connectivity index (χ1n) is 5.25. The minimum absolute atomic E-state index is 0.00758. The molecule has 2 nitrogen and oxygen atoms in total. The Kier molecular flexibility index (Phi) is 5.46. The number of hydrogen-bond donors (Lipinski definition) is 0. The molecule has 0 radical (unpaired) electrons. The van der Waals surface area contributed by atoms with Gasteiger partial charge in [0.15, 0.2) is 0 Å². The Morgan fingerprint density at radius 1 is 1.38 bits per heavy atom. The van der Waals surface area contributed by atoms with E-state index in [4.69, 9.17) is 4.84 Å². The molecule has 0 bridgehead atoms. The van der Waals surface area contributed by atoms with Crippen molar-refractivity contribution in [3.05, 3.63) is 35.4 Å². The molecule has 0 unspecified atom stereocenters. The normalized spacial score (nSPS) is 11.2. The van der Waals surface area contributed by atoms with E-state index >= 15 is 0 Å². The first-order chi connectivity index (χ1) is 7.75. The fraction of sp³-hybridized carbons (Fsp3) is 0.417. The van der Waals surface area contributed by atoms with Gasteiger partial charge in [-0.05, 0) is 6.42 Å². The Balaban J connectivity index is 2.53. The number of halogens is 2. The molecule has 0 heterocycles. The van der Waals surface area contributed by atoms with Gasteiger partial charge in [-0.1, -0.05) is 42.8 Å². The predicted octanol–water partition coefficient (Wildman–Crippen LogP) is 3.93. The molecule has 88 valence electrons. The molecule has 0 amide bonds. The molecule has 0 saturated heterocycles. The van der Waals surface area contributed by atoms with Crippen molar-refractivity contribution < 1.29 is 13.6 Å². The van der Waals surface area contributed by atoms with E-state index in [1.807, 2.05) is 6.92 Å². The van der Waals surface area contributed by atoms with Crippen molar-refractivity contribution in [3.8, 4) is 0 Å². The Morgan fingerprint density at radius 2 is 2.12 bits per heavy atom. The van der Waals surface area contributed by atoms with Gasteiger partial charge >= 0.3 is 0 Å². The first kappa shape index (κ1) is 12.6. The van der Waals surface area contributed by atoms with Crippen molar-refractivity contribution in [2.75, 3.05) is 0 Å². The molecule has 0 aliphatic rings. The Bertz CT molecular complexity index is 340. The summed E-state index contributed by atoms with van der Waals surface area (Å²) in [5, 5.41) is 3.69. The fourth-order valence-electron chi connectivity index (χ4n) is 1.22. The third-order valence-corrected chi connectivity index (χ3v) is 2.08. The average molecular weight is 227 g/mol. The summed E-state index contributed by atoms with van der Waals surface area (Å²) in [6, 6.07) is 6.32. The fourth-order valence-corrected chi connectivity index (χ4v) is 1.22. The summed E-state index contributed by atoms with van der Waals surface area (Å²) >= 11 is 0. The second-order valence-electron chi connectivity index (χ2n) is 3.35. The van der Waals surface area contributed by atoms with E-state index in [1.165, 1.54) is 6.07 Å². The van der Waals surface area contributed by atoms with Gasteiger partial charge in [0, 0.05) is 17.3 Å². The molecule has 0 aliphatic heterocycles. The molecule has 4 heteroatoms. The lowest BCUT2D eigenvalue weighted by molar-refractivity contribution is 0.119. The summed E-state index contributed by atoms with van der Waals surface area (Å²) < 4.78 is 25.1. The molecule has 16 heavy (non-hydrogen) atoms. The summed E-state index contributed by atoms with van der Waals surface area (Å²) in [5.41, 5.74) is 0.485. The zero-order chi connectivity index (χ0) is 11.8. The summed E-state index contributed by atoms with van der Waals surface area (Å²) in [6.07, 6.45) is 0.988. The second kappa shape index (κ2) is 6.93. The van der Waals surface area contributed by atoms with Crippen LogP contribution in [-0.4, -0.2) is 6.21 Å². The Labute approximate surface area is 93.9 Å². The zero-order valence-corrected chi connectivity index (χ0v) is 9.20. The van der Waals surface area contributed by atoms with Crippen LogP contribution in [0.4, 0.5) is 8.78 Å². The number of benzene rings is 1. The van der Waals surface area contributed by atoms with Crippen LogP contribution < -0.4 is 0 Å². The van der Waals surface area contributed by atoms with Crippen LogP contribution in [0.3, 0.4) is 0 Å². The molecule has 0 aliphatic carbocycles. The molecule has 0 atom stereocenters. The highest BCUT2D eigenvalue weighted by molar-refractivity contribution is 5.55. The summed E-state index contributed by atoms with van der Waals surface area (Å²) in [5.74, 6) is 0. The molecule has 1 rings (SSSR count). The van der Waals surface area contributed by atoms with Gasteiger partial charge in [-0.2, -0.15) is 0 Å². The third-order valence-electron chi connectivity index (χ3n) is 2.08. The lowest BCUT2D eigenvalue weighted by Crippen LogP contribution is -1.95. The number of rotatable bonds is 6. The highest BCUT2D eigenvalue weighted by Crippen LogP contribution is 2.23. The van der Waals surface area contributed by atoms with Crippen molar-refractivity contribution in [3.63, 3.8) is 0 Å². The number of nitrogens with zero attached hydrogens (tertiary/aromatic N) is 1. The zero-order valence-electron chi connectivity index (χ0n) is 9.20. The van der Waals surface area contributed by atoms with Gasteiger partial charge in [0.25, 0.3) is 6.43 Å². The number of unbranched alkanes of at least 4 members (excludes halogenated alkanes) is 1. The Morgan fingerprint density at radius 3 is 2.81 bits per heavy atom. The van der Waals surface area contributed by atoms with Gasteiger partial charge in [0.2, 0.25) is 0 Å². The molecule has 1 aromatic carbocycles. The topological polar surface area (TPSA) is 21.6 Å². The van der Waals surface area contributed by atoms with Gasteiger partial charge < -0.3 is 4.84 Å². The van der Waals surface area contributed by atoms with E-state index < -0.39 is 6.43 Å². The monoisotopic (exact) mass is 227 g/mol. The highest BCUT2D eigenvalue weighted by Gasteiger charge is 2.11. The van der Waals surface area contributed by atoms with E-state index in [-0.39, 0.29) is 12.2 Å². The molecule has 0 fully saturated rings. The number of alkyl halides is 2. The van der Waals surface area contributed by atoms with Crippen LogP contribution in [0.1, 0.15) is 37.3 Å². The van der Waals surface area contributed by atoms with Gasteiger partial charge in [-0.3, -0.25) is 0 Å². The van der Waals surface area contributed by atoms with Crippen LogP contribution >= 0.6 is 0 Å². The van der Waals surface area contributed by atoms with E-state index in [9.17, 15) is 8.78 Å². The number of hydrogen-bond acceptors (Lipinski definition) is 2. The first-order valence-corrected chi connectivity index (χ1v) is 5.25. The lowest BCUT2D eigenvalue weighted by atomic mass is 10.1. The van der Waals surface area contributed by atoms with Crippen LogP contribution in [0, 0.1) is 0 Å². The minimum Gasteiger partial charge on any atom is -0.391 e. The van der Waals surface area contributed by atoms with Crippen molar-refractivity contribution >= 4 is 6.21 Å². The van der Waals surface area contributed by atoms with Crippen LogP contribution in [0.15, 0.2) is 29.4 Å². The summed E-state index contributed by atoms with van der Waals surface area (Å²) in [4.78, 5) is 4.95. The lowest BCUT2D eigenvalue weighted by Gasteiger charge is -2.06. The maximum atomic E-state index is 12.6. The SMILES string of the molecule is CCCC=NOCc1ccccc1C(F)F. The molecule has 0 N–H and O–H groups in total. The van der Waals surface area contributed by atoms with Crippen molar-refractivity contribution in [1.82, 2.24) is 0 Å². The van der Waals surface area contributed by atoms with Gasteiger partial charge in [-0.25, -0.2) is 8.78 Å². The Hall–Kier alpha value is -1.45. The third kappa shape index (κ3) is 3.96. The van der Waals surface area contributed by atoms with Crippen molar-refractivity contribution in [2.24, 2.45) is 5.16 Å². The van der Waals surface area contributed by atoms with Gasteiger partial charge in [0.1, 0.15) is 6.61 Å². The smallest absolute Gasteiger partial charge is 0.264 e. The van der Waals surface area contributed by atoms with Crippen molar-refractivity contribution in [1.29, 1.82) is 0 Å². The average Bonchev–Trinajstić information content (AvgIpc) is 2.29. The van der Waals surface area contributed by atoms with Crippen LogP contribution in [0.2, 0.25) is 0 Å². The largest absolute Gasteiger partial charge is 0.391 e. The summed E-state index contributed by atoms with van der Waals surface area (Å²) in [7, 11) is 0. The second-order valence-corrected chi connectivity index (χ2v) is 3.35. The molecular weight excluding hydrogens is 212 g/mol. The molecule has 1 aromatic rings. The summed E-state index contributed by atoms with van der Waals surface area (Å²) in [6.45, 7) is 2.11. The molecule has 0 spiro atoms.